The predicted octanol–water partition coefficient (Wildman–Crippen LogP) is 3.57. The summed E-state index contributed by atoms with van der Waals surface area (Å²) in [6, 6.07) is 13.8. The minimum atomic E-state index is 0.422. The van der Waals surface area contributed by atoms with Gasteiger partial charge >= 0.3 is 0 Å². The highest BCUT2D eigenvalue weighted by atomic mass is 32.1. The van der Waals surface area contributed by atoms with Crippen LogP contribution in [0.1, 0.15) is 16.7 Å². The van der Waals surface area contributed by atoms with Gasteiger partial charge in [-0.3, -0.25) is 5.43 Å². The molecule has 5 nitrogen and oxygen atoms in total. The molecule has 2 aromatic carbocycles. The maximum atomic E-state index is 6.02. The number of aryl methyl sites for hydroxylation is 1. The minimum absolute atomic E-state index is 0.422. The lowest BCUT2D eigenvalue weighted by Crippen LogP contribution is -2.31. The Balaban J connectivity index is 2.11. The van der Waals surface area contributed by atoms with E-state index >= 15 is 0 Å². The molecule has 0 radical (unpaired) electrons. The van der Waals surface area contributed by atoms with Crippen molar-refractivity contribution in [3.63, 3.8) is 0 Å². The van der Waals surface area contributed by atoms with Crippen LogP contribution in [0.5, 0.6) is 11.5 Å². The maximum Gasteiger partial charge on any atom is 0.187 e. The second-order valence-corrected chi connectivity index (χ2v) is 5.93. The topological polar surface area (TPSA) is 54.9 Å². The number of hydrogen-bond acceptors (Lipinski definition) is 4. The van der Waals surface area contributed by atoms with E-state index in [1.165, 1.54) is 5.56 Å². The molecule has 0 heterocycles. The Morgan fingerprint density at radius 1 is 1.27 bits per heavy atom. The van der Waals surface area contributed by atoms with Crippen molar-refractivity contribution in [3.05, 3.63) is 71.8 Å². The summed E-state index contributed by atoms with van der Waals surface area (Å²) in [5.41, 5.74) is 5.83. The Morgan fingerprint density at radius 3 is 2.81 bits per heavy atom. The van der Waals surface area contributed by atoms with Gasteiger partial charge in [-0.15, -0.1) is 6.58 Å². The van der Waals surface area contributed by atoms with E-state index in [0.29, 0.717) is 29.8 Å². The van der Waals surface area contributed by atoms with Gasteiger partial charge in [-0.2, -0.15) is 5.10 Å². The number of para-hydroxylation sites is 1. The lowest BCUT2D eigenvalue weighted by molar-refractivity contribution is 0.284. The van der Waals surface area contributed by atoms with Gasteiger partial charge in [0.1, 0.15) is 6.61 Å². The van der Waals surface area contributed by atoms with Gasteiger partial charge in [0.2, 0.25) is 0 Å². The Kier molecular flexibility index (Phi) is 7.64. The summed E-state index contributed by atoms with van der Waals surface area (Å²) in [5, 5.41) is 7.51. The van der Waals surface area contributed by atoms with Crippen molar-refractivity contribution in [3.8, 4) is 11.5 Å². The number of nitrogens with zero attached hydrogens (tertiary/aromatic N) is 1. The second-order valence-electron chi connectivity index (χ2n) is 5.53. The molecule has 0 spiro atoms. The minimum Gasteiger partial charge on any atom is -0.493 e. The number of benzene rings is 2. The van der Waals surface area contributed by atoms with Crippen LogP contribution in [0.2, 0.25) is 0 Å². The fraction of sp³-hybridized carbons (Fsp3) is 0.200. The fourth-order valence-electron chi connectivity index (χ4n) is 2.27. The molecule has 0 unspecified atom stereocenters. The summed E-state index contributed by atoms with van der Waals surface area (Å²) in [7, 11) is 1.61. The van der Waals surface area contributed by atoms with Crippen LogP contribution in [0.25, 0.3) is 0 Å². The second kappa shape index (κ2) is 10.2. The van der Waals surface area contributed by atoms with Crippen LogP contribution in [0.3, 0.4) is 0 Å². The Labute approximate surface area is 159 Å². The Bertz CT molecular complexity index is 790. The first-order chi connectivity index (χ1) is 12.6. The molecule has 0 bridgehead atoms. The van der Waals surface area contributed by atoms with Gasteiger partial charge in [-0.1, -0.05) is 42.0 Å². The van der Waals surface area contributed by atoms with Gasteiger partial charge in [-0.25, -0.2) is 0 Å². The van der Waals surface area contributed by atoms with Gasteiger partial charge in [-0.05, 0) is 36.8 Å². The van der Waals surface area contributed by atoms with Crippen molar-refractivity contribution in [1.29, 1.82) is 0 Å². The molecule has 0 atom stereocenters. The standard InChI is InChI=1S/C20H23N3O2S/c1-4-11-21-20(26)23-22-13-17-9-6-10-18(24-3)19(17)25-14-16-8-5-7-15(2)12-16/h4-10,12-13H,1,11,14H2,2-3H3,(H2,21,23,26). The largest absolute Gasteiger partial charge is 0.493 e. The molecular weight excluding hydrogens is 346 g/mol. The van der Waals surface area contributed by atoms with Crippen LogP contribution in [0.15, 0.2) is 60.2 Å². The van der Waals surface area contributed by atoms with Crippen LogP contribution in [-0.4, -0.2) is 25.0 Å². The highest BCUT2D eigenvalue weighted by Gasteiger charge is 2.10. The first kappa shape index (κ1) is 19.5. The molecule has 0 aliphatic heterocycles. The van der Waals surface area contributed by atoms with Crippen LogP contribution < -0.4 is 20.2 Å². The van der Waals surface area contributed by atoms with Crippen LogP contribution in [0, 0.1) is 6.92 Å². The normalized spacial score (nSPS) is 10.4. The molecule has 0 aliphatic carbocycles. The number of hydrazone groups is 1. The number of methoxy groups -OCH3 is 1. The first-order valence-corrected chi connectivity index (χ1v) is 8.58. The molecule has 0 aromatic heterocycles. The quantitative estimate of drug-likeness (QED) is 0.322. The molecule has 2 aromatic rings. The Morgan fingerprint density at radius 2 is 2.08 bits per heavy atom. The molecule has 2 rings (SSSR count). The zero-order valence-corrected chi connectivity index (χ0v) is 15.8. The van der Waals surface area contributed by atoms with Gasteiger partial charge in [0.05, 0.1) is 13.3 Å². The van der Waals surface area contributed by atoms with E-state index in [1.54, 1.807) is 19.4 Å². The van der Waals surface area contributed by atoms with E-state index in [-0.39, 0.29) is 0 Å². The SMILES string of the molecule is C=CCNC(=S)NN=Cc1cccc(OC)c1OCc1cccc(C)c1. The molecule has 26 heavy (non-hydrogen) atoms. The van der Waals surface area contributed by atoms with Crippen molar-refractivity contribution in [2.24, 2.45) is 5.10 Å². The average Bonchev–Trinajstić information content (AvgIpc) is 2.65. The Hall–Kier alpha value is -2.86. The summed E-state index contributed by atoms with van der Waals surface area (Å²) in [6.07, 6.45) is 3.37. The highest BCUT2D eigenvalue weighted by Crippen LogP contribution is 2.30. The summed E-state index contributed by atoms with van der Waals surface area (Å²) in [5.74, 6) is 1.28. The molecule has 0 fully saturated rings. The van der Waals surface area contributed by atoms with Crippen molar-refractivity contribution in [2.75, 3.05) is 13.7 Å². The zero-order valence-electron chi connectivity index (χ0n) is 15.0. The smallest absolute Gasteiger partial charge is 0.187 e. The number of ether oxygens (including phenoxy) is 2. The van der Waals surface area contributed by atoms with Crippen LogP contribution in [0.4, 0.5) is 0 Å². The highest BCUT2D eigenvalue weighted by molar-refractivity contribution is 7.80. The lowest BCUT2D eigenvalue weighted by Gasteiger charge is -2.13. The van der Waals surface area contributed by atoms with Gasteiger partial charge < -0.3 is 14.8 Å². The molecule has 6 heteroatoms. The van der Waals surface area contributed by atoms with Crippen molar-refractivity contribution in [1.82, 2.24) is 10.7 Å². The summed E-state index contributed by atoms with van der Waals surface area (Å²) >= 11 is 5.10. The van der Waals surface area contributed by atoms with Gasteiger partial charge in [0.25, 0.3) is 0 Å². The summed E-state index contributed by atoms with van der Waals surface area (Å²) < 4.78 is 11.4. The van der Waals surface area contributed by atoms with E-state index < -0.39 is 0 Å². The molecule has 0 saturated carbocycles. The predicted molar refractivity (Wildman–Crippen MR) is 110 cm³/mol. The summed E-state index contributed by atoms with van der Waals surface area (Å²) in [4.78, 5) is 0. The third-order valence-electron chi connectivity index (χ3n) is 3.47. The fourth-order valence-corrected chi connectivity index (χ4v) is 2.41. The van der Waals surface area contributed by atoms with E-state index in [2.05, 4.69) is 41.5 Å². The number of hydrogen-bond donors (Lipinski definition) is 2. The lowest BCUT2D eigenvalue weighted by atomic mass is 10.1. The number of rotatable bonds is 8. The summed E-state index contributed by atoms with van der Waals surface area (Å²) in [6.45, 7) is 6.69. The molecule has 0 amide bonds. The average molecular weight is 369 g/mol. The van der Waals surface area contributed by atoms with E-state index in [1.807, 2.05) is 30.3 Å². The molecule has 136 valence electrons. The van der Waals surface area contributed by atoms with Crippen molar-refractivity contribution >= 4 is 23.5 Å². The van der Waals surface area contributed by atoms with Crippen LogP contribution in [-0.2, 0) is 6.61 Å². The van der Waals surface area contributed by atoms with Crippen molar-refractivity contribution in [2.45, 2.75) is 13.5 Å². The molecular formula is C20H23N3O2S. The zero-order chi connectivity index (χ0) is 18.8. The third-order valence-corrected chi connectivity index (χ3v) is 3.71. The number of thiocarbonyl (C=S) groups is 1. The van der Waals surface area contributed by atoms with E-state index in [0.717, 1.165) is 11.1 Å². The molecule has 0 saturated heterocycles. The van der Waals surface area contributed by atoms with Gasteiger partial charge in [0, 0.05) is 12.1 Å². The first-order valence-electron chi connectivity index (χ1n) is 8.17. The van der Waals surface area contributed by atoms with E-state index in [9.17, 15) is 0 Å². The third kappa shape index (κ3) is 5.89. The molecule has 2 N–H and O–H groups in total. The van der Waals surface area contributed by atoms with Crippen molar-refractivity contribution < 1.29 is 9.47 Å². The van der Waals surface area contributed by atoms with E-state index in [4.69, 9.17) is 21.7 Å². The molecule has 0 aliphatic rings. The monoisotopic (exact) mass is 369 g/mol. The maximum absolute atomic E-state index is 6.02. The van der Waals surface area contributed by atoms with Crippen LogP contribution >= 0.6 is 12.2 Å². The van der Waals surface area contributed by atoms with Gasteiger partial charge in [0.15, 0.2) is 16.6 Å². The number of nitrogens with one attached hydrogen (secondary N) is 2.